The summed E-state index contributed by atoms with van der Waals surface area (Å²) < 4.78 is 5.76. The molecular formula is C20H19N11O5S3. The van der Waals surface area contributed by atoms with Crippen molar-refractivity contribution in [1.82, 2.24) is 40.2 Å². The minimum absolute atomic E-state index is 0.0419. The lowest BCUT2D eigenvalue weighted by atomic mass is 10.0. The van der Waals surface area contributed by atoms with Crippen molar-refractivity contribution >= 4 is 63.7 Å². The Morgan fingerprint density at radius 3 is 2.85 bits per heavy atom. The number of β-lactam (4-membered cyclic amide) rings is 1. The number of nitrogens with zero attached hydrogens (tertiary/aromatic N) is 8. The number of H-pyrrole nitrogens is 1. The minimum atomic E-state index is -1.47. The van der Waals surface area contributed by atoms with Gasteiger partial charge in [-0.25, -0.2) is 4.57 Å². The van der Waals surface area contributed by atoms with Gasteiger partial charge in [0.15, 0.2) is 24.1 Å². The van der Waals surface area contributed by atoms with E-state index in [9.17, 15) is 19.5 Å². The highest BCUT2D eigenvalue weighted by Gasteiger charge is 2.53. The Balaban J connectivity index is 1.29. The molecular weight excluding hydrogens is 570 g/mol. The minimum Gasteiger partial charge on any atom is -0.543 e. The third-order valence-electron chi connectivity index (χ3n) is 5.45. The van der Waals surface area contributed by atoms with Crippen molar-refractivity contribution in [2.24, 2.45) is 5.16 Å². The number of pyridine rings is 1. The predicted molar refractivity (Wildman–Crippen MR) is 134 cm³/mol. The lowest BCUT2D eigenvalue weighted by molar-refractivity contribution is -0.689. The molecule has 2 atom stereocenters. The van der Waals surface area contributed by atoms with Gasteiger partial charge >= 0.3 is 0 Å². The molecule has 4 N–H and O–H groups in total. The fourth-order valence-corrected chi connectivity index (χ4v) is 6.19. The SMILES string of the molecule is CCON=C(C(=O)NC1C(=O)N2C(C(=O)[O-])=C(C[n+]3ccc(Sc4nn[nH]n4)cc3)CS[C@@H]12)c1nsc(N)n1. The number of hydrogen-bond donors (Lipinski definition) is 3. The summed E-state index contributed by atoms with van der Waals surface area (Å²) in [4.78, 5) is 49.1. The van der Waals surface area contributed by atoms with E-state index in [4.69, 9.17) is 10.6 Å². The van der Waals surface area contributed by atoms with Crippen LogP contribution in [0.4, 0.5) is 5.13 Å². The predicted octanol–water partition coefficient (Wildman–Crippen LogP) is -2.08. The molecule has 0 radical (unpaired) electrons. The van der Waals surface area contributed by atoms with E-state index < -0.39 is 29.2 Å². The third-order valence-corrected chi connectivity index (χ3v) is 8.20. The molecule has 2 aliphatic rings. The van der Waals surface area contributed by atoms with Crippen LogP contribution in [0.25, 0.3) is 0 Å². The zero-order valence-corrected chi connectivity index (χ0v) is 22.5. The molecule has 1 saturated heterocycles. The largest absolute Gasteiger partial charge is 0.543 e. The van der Waals surface area contributed by atoms with Gasteiger partial charge in [0, 0.05) is 39.9 Å². The zero-order chi connectivity index (χ0) is 27.5. The smallest absolute Gasteiger partial charge is 0.278 e. The number of nitrogen functional groups attached to an aromatic ring is 1. The Morgan fingerprint density at radius 2 is 2.21 bits per heavy atom. The second kappa shape index (κ2) is 11.3. The number of anilines is 1. The van der Waals surface area contributed by atoms with E-state index in [-0.39, 0.29) is 35.5 Å². The highest BCUT2D eigenvalue weighted by molar-refractivity contribution is 8.00. The van der Waals surface area contributed by atoms with E-state index in [1.807, 2.05) is 12.1 Å². The summed E-state index contributed by atoms with van der Waals surface area (Å²) in [6.45, 7) is 2.09. The summed E-state index contributed by atoms with van der Waals surface area (Å²) in [5.74, 6) is -2.55. The Kier molecular flexibility index (Phi) is 7.70. The maximum Gasteiger partial charge on any atom is 0.278 e. The molecule has 3 aromatic heterocycles. The molecule has 19 heteroatoms. The Hall–Kier alpha value is -4.10. The topological polar surface area (TPSA) is 221 Å². The van der Waals surface area contributed by atoms with Crippen molar-refractivity contribution in [3.8, 4) is 0 Å². The van der Waals surface area contributed by atoms with Crippen LogP contribution in [0.15, 0.2) is 51.0 Å². The zero-order valence-electron chi connectivity index (χ0n) is 20.0. The molecule has 3 aromatic rings. The molecule has 0 saturated carbocycles. The van der Waals surface area contributed by atoms with Gasteiger partial charge in [-0.15, -0.1) is 22.0 Å². The Bertz CT molecular complexity index is 1460. The Labute approximate surface area is 232 Å². The number of carboxylic acid groups (broad SMARTS) is 1. The number of hydrogen-bond acceptors (Lipinski definition) is 15. The molecule has 2 amide bonds. The number of aliphatic carboxylic acids is 1. The third kappa shape index (κ3) is 5.54. The maximum atomic E-state index is 13.0. The number of carbonyl (C=O) groups is 3. The van der Waals surface area contributed by atoms with E-state index in [1.165, 1.54) is 23.5 Å². The van der Waals surface area contributed by atoms with Crippen LogP contribution in [-0.2, 0) is 25.8 Å². The van der Waals surface area contributed by atoms with Gasteiger partial charge in [-0.05, 0) is 23.9 Å². The number of aromatic nitrogens is 7. The summed E-state index contributed by atoms with van der Waals surface area (Å²) >= 11 is 3.51. The van der Waals surface area contributed by atoms with Gasteiger partial charge in [0.05, 0.1) is 11.7 Å². The van der Waals surface area contributed by atoms with Crippen LogP contribution < -0.4 is 20.7 Å². The normalized spacial score (nSPS) is 18.9. The number of oxime groups is 1. The van der Waals surface area contributed by atoms with Crippen molar-refractivity contribution in [2.45, 2.75) is 34.9 Å². The second-order valence-electron chi connectivity index (χ2n) is 7.92. The number of nitrogens with one attached hydrogen (secondary N) is 2. The van der Waals surface area contributed by atoms with Crippen LogP contribution in [0.3, 0.4) is 0 Å². The van der Waals surface area contributed by atoms with E-state index in [0.717, 1.165) is 21.3 Å². The summed E-state index contributed by atoms with van der Waals surface area (Å²) in [5.41, 5.74) is 5.66. The molecule has 5 rings (SSSR count). The molecule has 202 valence electrons. The molecule has 5 heterocycles. The number of fused-ring (bicyclic) bond motifs is 1. The highest BCUT2D eigenvalue weighted by Crippen LogP contribution is 2.40. The number of thioether (sulfide) groups is 1. The average molecular weight is 590 g/mol. The van der Waals surface area contributed by atoms with Crippen LogP contribution in [0, 0.1) is 0 Å². The van der Waals surface area contributed by atoms with Gasteiger partial charge in [0.2, 0.25) is 16.7 Å². The van der Waals surface area contributed by atoms with Crippen LogP contribution in [0.1, 0.15) is 12.7 Å². The van der Waals surface area contributed by atoms with Crippen LogP contribution in [-0.4, -0.2) is 82.2 Å². The summed E-state index contributed by atoms with van der Waals surface area (Å²) in [6, 6.07) is 2.66. The van der Waals surface area contributed by atoms with Gasteiger partial charge in [0.25, 0.3) is 11.8 Å². The van der Waals surface area contributed by atoms with Crippen molar-refractivity contribution in [3.63, 3.8) is 0 Å². The van der Waals surface area contributed by atoms with Gasteiger partial charge < -0.3 is 25.8 Å². The lowest BCUT2D eigenvalue weighted by Crippen LogP contribution is -2.71. The molecule has 2 aliphatic heterocycles. The van der Waals surface area contributed by atoms with Gasteiger partial charge in [-0.1, -0.05) is 5.16 Å². The molecule has 0 spiro atoms. The second-order valence-corrected chi connectivity index (χ2v) is 10.8. The Morgan fingerprint density at radius 1 is 1.41 bits per heavy atom. The first-order valence-corrected chi connectivity index (χ1v) is 13.9. The number of aromatic amines is 1. The average Bonchev–Trinajstić information content (AvgIpc) is 3.60. The first-order valence-electron chi connectivity index (χ1n) is 11.2. The van der Waals surface area contributed by atoms with Crippen molar-refractivity contribution < 1.29 is 28.9 Å². The molecule has 16 nitrogen and oxygen atoms in total. The van der Waals surface area contributed by atoms with Gasteiger partial charge in [0.1, 0.15) is 18.0 Å². The summed E-state index contributed by atoms with van der Waals surface area (Å²) in [7, 11) is 0. The van der Waals surface area contributed by atoms with E-state index in [0.29, 0.717) is 16.5 Å². The highest BCUT2D eigenvalue weighted by atomic mass is 32.2. The quantitative estimate of drug-likeness (QED) is 0.100. The van der Waals surface area contributed by atoms with Gasteiger partial charge in [-0.3, -0.25) is 14.5 Å². The number of nitrogens with two attached hydrogens (primary N) is 1. The molecule has 0 aromatic carbocycles. The van der Waals surface area contributed by atoms with E-state index in [2.05, 4.69) is 40.5 Å². The molecule has 0 aliphatic carbocycles. The van der Waals surface area contributed by atoms with Crippen molar-refractivity contribution in [3.05, 3.63) is 41.6 Å². The molecule has 1 unspecified atom stereocenters. The first kappa shape index (κ1) is 26.5. The standard InChI is InChI=1S/C20H19N11O5S3/c1-2-36-26-11(14-23-19(21)39-27-14)15(32)22-12-16(33)31-13(18(34)35)9(8-37-17(12)31)7-30-5-3-10(4-6-30)38-20-24-28-29-25-20/h3-6,12,17H,2,7-8H2,1H3,(H4-,21,22,23,24,25,27,28,29,32,34,35)/t12?,17-/m0/s1. The fraction of sp³-hybridized carbons (Fsp3) is 0.300. The maximum absolute atomic E-state index is 13.0. The van der Waals surface area contributed by atoms with Crippen molar-refractivity contribution in [2.75, 3.05) is 18.1 Å². The molecule has 39 heavy (non-hydrogen) atoms. The summed E-state index contributed by atoms with van der Waals surface area (Å²) in [5, 5.41) is 32.1. The molecule has 1 fully saturated rings. The lowest BCUT2D eigenvalue weighted by Gasteiger charge is -2.50. The number of carbonyl (C=O) groups excluding carboxylic acids is 3. The number of amides is 2. The van der Waals surface area contributed by atoms with Crippen molar-refractivity contribution in [1.29, 1.82) is 0 Å². The number of tetrazole rings is 1. The van der Waals surface area contributed by atoms with E-state index in [1.54, 1.807) is 23.9 Å². The first-order chi connectivity index (χ1) is 18.9. The van der Waals surface area contributed by atoms with Crippen LogP contribution in [0.5, 0.6) is 0 Å². The number of rotatable bonds is 10. The molecule has 0 bridgehead atoms. The van der Waals surface area contributed by atoms with Crippen LogP contribution in [0.2, 0.25) is 0 Å². The fourth-order valence-electron chi connectivity index (χ4n) is 3.79. The summed E-state index contributed by atoms with van der Waals surface area (Å²) in [6.07, 6.45) is 3.55. The van der Waals surface area contributed by atoms with E-state index >= 15 is 0 Å². The monoisotopic (exact) mass is 589 g/mol. The van der Waals surface area contributed by atoms with Gasteiger partial charge in [-0.2, -0.15) is 14.6 Å². The van der Waals surface area contributed by atoms with Crippen LogP contribution >= 0.6 is 35.1 Å². The number of carboxylic acids is 1.